The Labute approximate surface area is 56.3 Å². The molecule has 1 rings (SSSR count). The van der Waals surface area contributed by atoms with Gasteiger partial charge in [0.1, 0.15) is 0 Å². The van der Waals surface area contributed by atoms with Crippen molar-refractivity contribution in [3.8, 4) is 0 Å². The lowest BCUT2D eigenvalue weighted by atomic mass is 10.2. The van der Waals surface area contributed by atoms with Crippen molar-refractivity contribution in [2.75, 3.05) is 0 Å². The monoisotopic (exact) mass is 123 g/mol. The molecule has 0 aliphatic heterocycles. The maximum Gasteiger partial charge on any atom is 0.0242 e. The Morgan fingerprint density at radius 2 is 1.78 bits per heavy atom. The SMILES string of the molecule is CC(C)Cn1cccc1. The van der Waals surface area contributed by atoms with Crippen LogP contribution in [-0.2, 0) is 6.54 Å². The second-order valence-corrected chi connectivity index (χ2v) is 2.77. The van der Waals surface area contributed by atoms with Crippen molar-refractivity contribution < 1.29 is 0 Å². The summed E-state index contributed by atoms with van der Waals surface area (Å²) in [7, 11) is 0. The van der Waals surface area contributed by atoms with Gasteiger partial charge in [-0.1, -0.05) is 13.8 Å². The lowest BCUT2D eigenvalue weighted by Crippen LogP contribution is -2.00. The van der Waals surface area contributed by atoms with Crippen LogP contribution < -0.4 is 0 Å². The third kappa shape index (κ3) is 1.92. The molecule has 0 N–H and O–H groups in total. The normalized spacial score (nSPS) is 10.6. The molecule has 1 aromatic heterocycles. The van der Waals surface area contributed by atoms with Crippen molar-refractivity contribution in [1.82, 2.24) is 4.57 Å². The largest absolute Gasteiger partial charge is 0.354 e. The fraction of sp³-hybridized carbons (Fsp3) is 0.500. The quantitative estimate of drug-likeness (QED) is 0.567. The smallest absolute Gasteiger partial charge is 0.0242 e. The zero-order chi connectivity index (χ0) is 6.69. The van der Waals surface area contributed by atoms with E-state index in [9.17, 15) is 0 Å². The number of aromatic nitrogens is 1. The second-order valence-electron chi connectivity index (χ2n) is 2.77. The van der Waals surface area contributed by atoms with Crippen LogP contribution >= 0.6 is 0 Å². The molecule has 0 atom stereocenters. The van der Waals surface area contributed by atoms with Crippen molar-refractivity contribution in [1.29, 1.82) is 0 Å². The van der Waals surface area contributed by atoms with Gasteiger partial charge >= 0.3 is 0 Å². The Kier molecular flexibility index (Phi) is 1.93. The molecule has 0 aromatic carbocycles. The summed E-state index contributed by atoms with van der Waals surface area (Å²) >= 11 is 0. The highest BCUT2D eigenvalue weighted by molar-refractivity contribution is 4.90. The molecule has 1 heterocycles. The molecule has 0 radical (unpaired) electrons. The van der Waals surface area contributed by atoms with Gasteiger partial charge in [-0.3, -0.25) is 0 Å². The Morgan fingerprint density at radius 3 is 2.22 bits per heavy atom. The van der Waals surface area contributed by atoms with Gasteiger partial charge < -0.3 is 4.57 Å². The summed E-state index contributed by atoms with van der Waals surface area (Å²) in [5.41, 5.74) is 0. The molecule has 9 heavy (non-hydrogen) atoms. The molecule has 0 unspecified atom stereocenters. The van der Waals surface area contributed by atoms with Crippen LogP contribution in [0.1, 0.15) is 13.8 Å². The molecular formula is C8H13N. The lowest BCUT2D eigenvalue weighted by Gasteiger charge is -2.04. The second kappa shape index (κ2) is 2.72. The Hall–Kier alpha value is -0.720. The van der Waals surface area contributed by atoms with Crippen molar-refractivity contribution in [2.45, 2.75) is 20.4 Å². The molecule has 1 aromatic rings. The van der Waals surface area contributed by atoms with E-state index in [1.807, 2.05) is 0 Å². The maximum absolute atomic E-state index is 2.22. The van der Waals surface area contributed by atoms with E-state index in [0.717, 1.165) is 12.5 Å². The highest BCUT2D eigenvalue weighted by atomic mass is 14.9. The van der Waals surface area contributed by atoms with Gasteiger partial charge in [0.05, 0.1) is 0 Å². The number of hydrogen-bond acceptors (Lipinski definition) is 0. The zero-order valence-electron chi connectivity index (χ0n) is 6.04. The van der Waals surface area contributed by atoms with Gasteiger partial charge in [0.25, 0.3) is 0 Å². The fourth-order valence-electron chi connectivity index (χ4n) is 0.914. The first-order valence-corrected chi connectivity index (χ1v) is 3.40. The first kappa shape index (κ1) is 6.40. The molecule has 0 saturated carbocycles. The Balaban J connectivity index is 2.48. The van der Waals surface area contributed by atoms with Crippen LogP contribution in [-0.4, -0.2) is 4.57 Å². The van der Waals surface area contributed by atoms with Crippen LogP contribution in [0.3, 0.4) is 0 Å². The average molecular weight is 123 g/mol. The molecule has 0 saturated heterocycles. The molecular weight excluding hydrogens is 110 g/mol. The number of hydrogen-bond donors (Lipinski definition) is 0. The van der Waals surface area contributed by atoms with Crippen LogP contribution in [0.25, 0.3) is 0 Å². The molecule has 50 valence electrons. The van der Waals surface area contributed by atoms with Crippen LogP contribution in [0, 0.1) is 5.92 Å². The third-order valence-corrected chi connectivity index (χ3v) is 1.24. The van der Waals surface area contributed by atoms with Gasteiger partial charge in [0.2, 0.25) is 0 Å². The van der Waals surface area contributed by atoms with E-state index in [2.05, 4.69) is 42.9 Å². The van der Waals surface area contributed by atoms with E-state index in [1.54, 1.807) is 0 Å². The molecule has 0 spiro atoms. The summed E-state index contributed by atoms with van der Waals surface area (Å²) in [6, 6.07) is 4.12. The summed E-state index contributed by atoms with van der Waals surface area (Å²) in [5, 5.41) is 0. The maximum atomic E-state index is 2.22. The van der Waals surface area contributed by atoms with Gasteiger partial charge in [-0.25, -0.2) is 0 Å². The topological polar surface area (TPSA) is 4.93 Å². The Morgan fingerprint density at radius 1 is 1.22 bits per heavy atom. The van der Waals surface area contributed by atoms with Gasteiger partial charge in [0, 0.05) is 18.9 Å². The van der Waals surface area contributed by atoms with E-state index >= 15 is 0 Å². The van der Waals surface area contributed by atoms with E-state index in [-0.39, 0.29) is 0 Å². The van der Waals surface area contributed by atoms with Gasteiger partial charge in [0.15, 0.2) is 0 Å². The standard InChI is InChI=1S/C8H13N/c1-8(2)7-9-5-3-4-6-9/h3-6,8H,7H2,1-2H3. The zero-order valence-corrected chi connectivity index (χ0v) is 6.04. The molecule has 0 aliphatic rings. The summed E-state index contributed by atoms with van der Waals surface area (Å²) < 4.78 is 2.20. The minimum Gasteiger partial charge on any atom is -0.354 e. The van der Waals surface area contributed by atoms with Gasteiger partial charge in [-0.15, -0.1) is 0 Å². The van der Waals surface area contributed by atoms with Crippen LogP contribution in [0.5, 0.6) is 0 Å². The molecule has 0 aliphatic carbocycles. The summed E-state index contributed by atoms with van der Waals surface area (Å²) in [6.07, 6.45) is 4.19. The molecule has 0 amide bonds. The lowest BCUT2D eigenvalue weighted by molar-refractivity contribution is 0.525. The highest BCUT2D eigenvalue weighted by Crippen LogP contribution is 1.98. The van der Waals surface area contributed by atoms with E-state index in [0.29, 0.717) is 0 Å². The minimum absolute atomic E-state index is 0.748. The van der Waals surface area contributed by atoms with Gasteiger partial charge in [-0.05, 0) is 18.1 Å². The summed E-state index contributed by atoms with van der Waals surface area (Å²) in [4.78, 5) is 0. The number of nitrogens with zero attached hydrogens (tertiary/aromatic N) is 1. The third-order valence-electron chi connectivity index (χ3n) is 1.24. The predicted octanol–water partition coefficient (Wildman–Crippen LogP) is 2.14. The predicted molar refractivity (Wildman–Crippen MR) is 39.3 cm³/mol. The fourth-order valence-corrected chi connectivity index (χ4v) is 0.914. The van der Waals surface area contributed by atoms with Crippen molar-refractivity contribution in [2.24, 2.45) is 5.92 Å². The highest BCUT2D eigenvalue weighted by Gasteiger charge is 1.91. The van der Waals surface area contributed by atoms with E-state index < -0.39 is 0 Å². The van der Waals surface area contributed by atoms with Gasteiger partial charge in [-0.2, -0.15) is 0 Å². The van der Waals surface area contributed by atoms with E-state index in [4.69, 9.17) is 0 Å². The summed E-state index contributed by atoms with van der Waals surface area (Å²) in [6.45, 7) is 5.58. The molecule has 1 heteroatoms. The van der Waals surface area contributed by atoms with Crippen LogP contribution in [0.15, 0.2) is 24.5 Å². The first-order valence-electron chi connectivity index (χ1n) is 3.40. The van der Waals surface area contributed by atoms with Crippen molar-refractivity contribution >= 4 is 0 Å². The van der Waals surface area contributed by atoms with Crippen molar-refractivity contribution in [3.05, 3.63) is 24.5 Å². The van der Waals surface area contributed by atoms with Crippen LogP contribution in [0.4, 0.5) is 0 Å². The first-order chi connectivity index (χ1) is 4.29. The van der Waals surface area contributed by atoms with E-state index in [1.165, 1.54) is 0 Å². The van der Waals surface area contributed by atoms with Crippen molar-refractivity contribution in [3.63, 3.8) is 0 Å². The summed E-state index contributed by atoms with van der Waals surface area (Å²) in [5.74, 6) is 0.748. The molecule has 0 fully saturated rings. The minimum atomic E-state index is 0.748. The van der Waals surface area contributed by atoms with Crippen LogP contribution in [0.2, 0.25) is 0 Å². The Bertz CT molecular complexity index is 151. The molecule has 0 bridgehead atoms. The molecule has 1 nitrogen and oxygen atoms in total. The average Bonchev–Trinajstić information content (AvgIpc) is 2.15. The number of rotatable bonds is 2.